The van der Waals surface area contributed by atoms with Gasteiger partial charge in [0.05, 0.1) is 28.3 Å². The fourth-order valence-corrected chi connectivity index (χ4v) is 3.60. The second kappa shape index (κ2) is 5.42. The van der Waals surface area contributed by atoms with Gasteiger partial charge in [-0.15, -0.1) is 0 Å². The maximum Gasteiger partial charge on any atom is 0.363 e. The fourth-order valence-electron chi connectivity index (χ4n) is 3.21. The molecule has 0 bridgehead atoms. The van der Waals surface area contributed by atoms with Crippen LogP contribution in [0.2, 0.25) is 0 Å². The van der Waals surface area contributed by atoms with Gasteiger partial charge in [0.2, 0.25) is 0 Å². The number of aryl methyl sites for hydroxylation is 1. The minimum atomic E-state index is -0.623. The van der Waals surface area contributed by atoms with Crippen LogP contribution >= 0.6 is 15.9 Å². The molecular formula is C16H12BrFN2O4. The van der Waals surface area contributed by atoms with Crippen LogP contribution in [0.25, 0.3) is 0 Å². The first-order valence-electron chi connectivity index (χ1n) is 7.23. The highest BCUT2D eigenvalue weighted by atomic mass is 79.9. The van der Waals surface area contributed by atoms with Crippen LogP contribution in [0.1, 0.15) is 17.0 Å². The van der Waals surface area contributed by atoms with Crippen molar-refractivity contribution in [1.82, 2.24) is 4.74 Å². The molecular weight excluding hydrogens is 383 g/mol. The summed E-state index contributed by atoms with van der Waals surface area (Å²) in [6, 6.07) is 4.45. The normalized spacial score (nSPS) is 19.8. The predicted octanol–water partition coefficient (Wildman–Crippen LogP) is 2.29. The number of rotatable bonds is 1. The molecule has 24 heavy (non-hydrogen) atoms. The number of aromatic nitrogens is 1. The summed E-state index contributed by atoms with van der Waals surface area (Å²) in [5.74, 6) is -0.770. The molecule has 1 N–H and O–H groups in total. The van der Waals surface area contributed by atoms with Gasteiger partial charge in [0, 0.05) is 12.6 Å². The van der Waals surface area contributed by atoms with Crippen molar-refractivity contribution in [1.29, 1.82) is 0 Å². The van der Waals surface area contributed by atoms with E-state index >= 15 is 0 Å². The number of ketones is 1. The summed E-state index contributed by atoms with van der Waals surface area (Å²) in [6.45, 7) is 0.186. The van der Waals surface area contributed by atoms with Crippen LogP contribution in [-0.2, 0) is 16.6 Å². The lowest BCUT2D eigenvalue weighted by molar-refractivity contribution is -0.121. The number of ether oxygens (including phenoxy) is 1. The monoisotopic (exact) mass is 394 g/mol. The van der Waals surface area contributed by atoms with Crippen LogP contribution in [0.5, 0.6) is 0 Å². The van der Waals surface area contributed by atoms with E-state index in [9.17, 15) is 14.0 Å². The lowest BCUT2D eigenvalue weighted by Gasteiger charge is -2.31. The van der Waals surface area contributed by atoms with Gasteiger partial charge in [0.25, 0.3) is 0 Å². The van der Waals surface area contributed by atoms with Crippen LogP contribution in [0, 0.1) is 5.82 Å². The summed E-state index contributed by atoms with van der Waals surface area (Å²) < 4.78 is 25.6. The Morgan fingerprint density at radius 1 is 1.33 bits per heavy atom. The van der Waals surface area contributed by atoms with Crippen molar-refractivity contribution in [3.8, 4) is 0 Å². The standard InChI is InChI=1S/C16H12BrFN2O4/c1-20-15-14(16(22)24-20)12(7-2-3-9(18)8(17)4-7)13-10(19-15)5-23-6-11(13)21/h2-4,12,19H,5-6H2,1H3. The second-order valence-corrected chi connectivity index (χ2v) is 6.53. The van der Waals surface area contributed by atoms with E-state index < -0.39 is 17.4 Å². The zero-order chi connectivity index (χ0) is 17.0. The number of benzene rings is 1. The smallest absolute Gasteiger partial charge is 0.363 e. The maximum atomic E-state index is 13.6. The maximum absolute atomic E-state index is 13.6. The van der Waals surface area contributed by atoms with Gasteiger partial charge in [-0.3, -0.25) is 4.79 Å². The van der Waals surface area contributed by atoms with Crippen molar-refractivity contribution in [2.45, 2.75) is 5.92 Å². The number of halogens is 2. The topological polar surface area (TPSA) is 73.5 Å². The van der Waals surface area contributed by atoms with Gasteiger partial charge in [-0.2, -0.15) is 4.74 Å². The molecule has 1 atom stereocenters. The number of Topliss-reactive ketones (excluding diaryl/α,β-unsaturated/α-hetero) is 1. The van der Waals surface area contributed by atoms with E-state index in [1.165, 1.54) is 10.8 Å². The molecule has 0 radical (unpaired) electrons. The Kier molecular flexibility index (Phi) is 3.47. The molecule has 2 aliphatic rings. The Morgan fingerprint density at radius 2 is 2.12 bits per heavy atom. The van der Waals surface area contributed by atoms with Gasteiger partial charge >= 0.3 is 5.63 Å². The van der Waals surface area contributed by atoms with Crippen molar-refractivity contribution in [3.63, 3.8) is 0 Å². The Morgan fingerprint density at radius 3 is 2.88 bits per heavy atom. The molecule has 0 spiro atoms. The van der Waals surface area contributed by atoms with Crippen molar-refractivity contribution >= 4 is 27.5 Å². The summed E-state index contributed by atoms with van der Waals surface area (Å²) >= 11 is 3.16. The number of carbonyl (C=O) groups is 1. The first kappa shape index (κ1) is 15.3. The van der Waals surface area contributed by atoms with E-state index in [0.717, 1.165) is 0 Å². The number of carbonyl (C=O) groups excluding carboxylic acids is 1. The third-order valence-corrected chi connectivity index (χ3v) is 4.85. The summed E-state index contributed by atoms with van der Waals surface area (Å²) in [4.78, 5) is 24.8. The molecule has 4 rings (SSSR count). The number of anilines is 1. The van der Waals surface area contributed by atoms with Crippen molar-refractivity contribution in [3.05, 3.63) is 61.3 Å². The number of nitrogens with zero attached hydrogens (tertiary/aromatic N) is 1. The molecule has 0 fully saturated rings. The van der Waals surface area contributed by atoms with Crippen LogP contribution in [0.4, 0.5) is 10.2 Å². The minimum absolute atomic E-state index is 0.0487. The summed E-state index contributed by atoms with van der Waals surface area (Å²) in [6.07, 6.45) is 0. The lowest BCUT2D eigenvalue weighted by atomic mass is 9.80. The first-order chi connectivity index (χ1) is 11.5. The molecule has 1 aromatic heterocycles. The largest absolute Gasteiger partial charge is 0.367 e. The minimum Gasteiger partial charge on any atom is -0.367 e. The number of fused-ring (bicyclic) bond motifs is 1. The molecule has 8 heteroatoms. The van der Waals surface area contributed by atoms with Crippen molar-refractivity contribution in [2.75, 3.05) is 18.5 Å². The Hall–Kier alpha value is -2.19. The third-order valence-electron chi connectivity index (χ3n) is 4.24. The van der Waals surface area contributed by atoms with Gasteiger partial charge in [-0.05, 0) is 33.6 Å². The molecule has 2 aliphatic heterocycles. The van der Waals surface area contributed by atoms with E-state index in [-0.39, 0.29) is 23.5 Å². The Labute approximate surface area is 144 Å². The molecule has 124 valence electrons. The van der Waals surface area contributed by atoms with Gasteiger partial charge in [-0.1, -0.05) is 6.07 Å². The lowest BCUT2D eigenvalue weighted by Crippen LogP contribution is -2.34. The molecule has 3 heterocycles. The fraction of sp³-hybridized carbons (Fsp3) is 0.250. The number of hydrogen-bond acceptors (Lipinski definition) is 5. The second-order valence-electron chi connectivity index (χ2n) is 5.68. The van der Waals surface area contributed by atoms with E-state index in [1.807, 2.05) is 0 Å². The van der Waals surface area contributed by atoms with Crippen molar-refractivity contribution in [2.24, 2.45) is 7.05 Å². The highest BCUT2D eigenvalue weighted by molar-refractivity contribution is 9.10. The number of nitrogens with one attached hydrogen (secondary N) is 1. The van der Waals surface area contributed by atoms with Gasteiger partial charge in [0.15, 0.2) is 11.6 Å². The average molecular weight is 395 g/mol. The molecule has 1 unspecified atom stereocenters. The Bertz CT molecular complexity index is 959. The quantitative estimate of drug-likeness (QED) is 0.802. The molecule has 0 saturated carbocycles. The molecule has 6 nitrogen and oxygen atoms in total. The highest BCUT2D eigenvalue weighted by Gasteiger charge is 2.39. The third kappa shape index (κ3) is 2.17. The van der Waals surface area contributed by atoms with E-state index in [0.29, 0.717) is 28.2 Å². The Balaban J connectivity index is 2.00. The van der Waals surface area contributed by atoms with Gasteiger partial charge < -0.3 is 14.6 Å². The van der Waals surface area contributed by atoms with Crippen molar-refractivity contribution < 1.29 is 18.4 Å². The van der Waals surface area contributed by atoms with E-state index in [2.05, 4.69) is 21.2 Å². The summed E-state index contributed by atoms with van der Waals surface area (Å²) in [5, 5.41) is 3.06. The van der Waals surface area contributed by atoms with E-state index in [4.69, 9.17) is 9.26 Å². The predicted molar refractivity (Wildman–Crippen MR) is 86.4 cm³/mol. The SMILES string of the molecule is Cn1oc(=O)c2c1NC1=C(C(=O)COC1)C2c1ccc(F)c(Br)c1. The summed E-state index contributed by atoms with van der Waals surface area (Å²) in [7, 11) is 1.60. The van der Waals surface area contributed by atoms with Crippen LogP contribution in [0.3, 0.4) is 0 Å². The van der Waals surface area contributed by atoms with Gasteiger partial charge in [0.1, 0.15) is 12.4 Å². The molecule has 0 saturated heterocycles. The molecule has 0 amide bonds. The zero-order valence-electron chi connectivity index (χ0n) is 12.6. The highest BCUT2D eigenvalue weighted by Crippen LogP contribution is 2.42. The van der Waals surface area contributed by atoms with E-state index in [1.54, 1.807) is 19.2 Å². The molecule has 1 aromatic carbocycles. The van der Waals surface area contributed by atoms with Crippen LogP contribution in [-0.4, -0.2) is 23.7 Å². The zero-order valence-corrected chi connectivity index (χ0v) is 14.1. The molecule has 0 aliphatic carbocycles. The summed E-state index contributed by atoms with van der Waals surface area (Å²) in [5.41, 5.74) is 1.50. The average Bonchev–Trinajstić information content (AvgIpc) is 2.83. The van der Waals surface area contributed by atoms with Crippen LogP contribution < -0.4 is 10.9 Å². The molecule has 2 aromatic rings. The number of hydrogen-bond donors (Lipinski definition) is 1. The van der Waals surface area contributed by atoms with Gasteiger partial charge in [-0.25, -0.2) is 9.18 Å². The van der Waals surface area contributed by atoms with Crippen LogP contribution in [0.15, 0.2) is 43.3 Å². The first-order valence-corrected chi connectivity index (χ1v) is 8.03.